The summed E-state index contributed by atoms with van der Waals surface area (Å²) >= 11 is 0. The van der Waals surface area contributed by atoms with E-state index in [1.165, 1.54) is 48.0 Å². The van der Waals surface area contributed by atoms with Crippen molar-refractivity contribution in [3.8, 4) is 0 Å². The van der Waals surface area contributed by atoms with Gasteiger partial charge >= 0.3 is 8.56 Å². The minimum atomic E-state index is -1.89. The van der Waals surface area contributed by atoms with Gasteiger partial charge in [0.2, 0.25) is 0 Å². The molecule has 0 fully saturated rings. The Bertz CT molecular complexity index is 914. The van der Waals surface area contributed by atoms with Crippen LogP contribution in [0.4, 0.5) is 0 Å². The van der Waals surface area contributed by atoms with E-state index >= 15 is 0 Å². The van der Waals surface area contributed by atoms with Gasteiger partial charge in [0, 0.05) is 0 Å². The minimum Gasteiger partial charge on any atom is -0.437 e. The number of hydrogen-bond donors (Lipinski definition) is 0. The highest BCUT2D eigenvalue weighted by Crippen LogP contribution is 2.23. The third-order valence-corrected chi connectivity index (χ3v) is 17.5. The summed E-state index contributed by atoms with van der Waals surface area (Å²) in [6, 6.07) is 33.7. The summed E-state index contributed by atoms with van der Waals surface area (Å²) in [5, 5.41) is 0. The van der Waals surface area contributed by atoms with Gasteiger partial charge in [-0.05, 0) is 75.8 Å². The van der Waals surface area contributed by atoms with Crippen LogP contribution in [0.2, 0.25) is 51.4 Å². The molecule has 0 spiro atoms. The molecule has 0 saturated carbocycles. The van der Waals surface area contributed by atoms with Crippen molar-refractivity contribution >= 4 is 25.2 Å². The van der Waals surface area contributed by atoms with Crippen LogP contribution in [0.25, 0.3) is 0 Å². The number of benzene rings is 3. The molecule has 0 aliphatic rings. The summed E-state index contributed by atoms with van der Waals surface area (Å²) in [5.41, 5.74) is 4.06. The Morgan fingerprint density at radius 1 is 0.435 bits per heavy atom. The number of aryl methyl sites for hydroxylation is 1. The average molecular weight is 687 g/mol. The lowest BCUT2D eigenvalue weighted by atomic mass is 10.1. The lowest BCUT2D eigenvalue weighted by molar-refractivity contribution is 0.390. The molecule has 0 bridgehead atoms. The van der Waals surface area contributed by atoms with Gasteiger partial charge in [0.15, 0.2) is 16.6 Å². The van der Waals surface area contributed by atoms with Gasteiger partial charge in [-0.15, -0.1) is 0 Å². The first-order valence-electron chi connectivity index (χ1n) is 18.1. The SMILES string of the molecule is CC.CCC.CCC.CCC.CC[Si](C)(C)O[Si](C)(C)O[Si](C)(C)CC.Cc1ccccc1.c1ccc(Cc2ccccc2)cc1. The molecule has 0 atom stereocenters. The van der Waals surface area contributed by atoms with E-state index < -0.39 is 25.2 Å². The summed E-state index contributed by atoms with van der Waals surface area (Å²) in [7, 11) is -4.83. The van der Waals surface area contributed by atoms with Crippen LogP contribution in [0.15, 0.2) is 91.0 Å². The largest absolute Gasteiger partial charge is 0.437 e. The Morgan fingerprint density at radius 3 is 0.870 bits per heavy atom. The first-order chi connectivity index (χ1) is 21.6. The van der Waals surface area contributed by atoms with Crippen LogP contribution in [0.1, 0.15) is 105 Å². The maximum atomic E-state index is 6.30. The minimum absolute atomic E-state index is 1.03. The van der Waals surface area contributed by atoms with Crippen molar-refractivity contribution in [3.05, 3.63) is 108 Å². The van der Waals surface area contributed by atoms with E-state index in [0.29, 0.717) is 0 Å². The Hall–Kier alpha value is -1.77. The average Bonchev–Trinajstić information content (AvgIpc) is 3.00. The maximum absolute atomic E-state index is 6.30. The molecule has 0 aliphatic carbocycles. The van der Waals surface area contributed by atoms with Crippen molar-refractivity contribution in [2.75, 3.05) is 0 Å². The molecule has 3 aromatic rings. The standard InChI is InChI=1S/C13H12.C10H28O2Si3.C7H8.3C3H8.C2H6/c1-3-7-12(8-4-1)11-13-9-5-2-6-10-13;1-9-13(3,4)11-15(7,8)12-14(5,6)10-2;1-7-5-3-2-4-6-7;3*1-3-2;1-2/h1-10H,11H2;9-10H2,1-8H3;2-6H,1H3;3*3H2,1-2H3;1-2H3. The lowest BCUT2D eigenvalue weighted by Crippen LogP contribution is -2.51. The summed E-state index contributed by atoms with van der Waals surface area (Å²) in [4.78, 5) is 0. The summed E-state index contributed by atoms with van der Waals surface area (Å²) in [6.07, 6.45) is 4.78. The highest BCUT2D eigenvalue weighted by molar-refractivity contribution is 6.87. The summed E-state index contributed by atoms with van der Waals surface area (Å²) in [5.74, 6) is 0. The fraction of sp³-hybridized carbons (Fsp3) is 0.561. The van der Waals surface area contributed by atoms with E-state index in [9.17, 15) is 0 Å². The second-order valence-electron chi connectivity index (χ2n) is 12.8. The van der Waals surface area contributed by atoms with Crippen LogP contribution < -0.4 is 0 Å². The van der Waals surface area contributed by atoms with Gasteiger partial charge in [0.1, 0.15) is 0 Å². The highest BCUT2D eigenvalue weighted by atomic mass is 28.5. The Kier molecular flexibility index (Phi) is 36.8. The molecule has 0 N–H and O–H groups in total. The van der Waals surface area contributed by atoms with Crippen LogP contribution in [0.5, 0.6) is 0 Å². The van der Waals surface area contributed by atoms with Gasteiger partial charge in [0.25, 0.3) is 0 Å². The Labute approximate surface area is 293 Å². The predicted molar refractivity (Wildman–Crippen MR) is 222 cm³/mol. The number of rotatable bonds is 8. The molecule has 46 heavy (non-hydrogen) atoms. The van der Waals surface area contributed by atoms with Gasteiger partial charge in [0.05, 0.1) is 0 Å². The molecule has 2 nitrogen and oxygen atoms in total. The second kappa shape index (κ2) is 33.1. The predicted octanol–water partition coefficient (Wildman–Crippen LogP) is 14.7. The van der Waals surface area contributed by atoms with E-state index in [4.69, 9.17) is 8.23 Å². The molecule has 5 heteroatoms. The van der Waals surface area contributed by atoms with Crippen LogP contribution in [-0.2, 0) is 14.7 Å². The van der Waals surface area contributed by atoms with Crippen molar-refractivity contribution in [2.24, 2.45) is 0 Å². The molecule has 3 aromatic carbocycles. The third-order valence-electron chi connectivity index (χ3n) is 5.78. The Balaban J connectivity index is -0.000000256. The zero-order valence-corrected chi connectivity index (χ0v) is 36.7. The highest BCUT2D eigenvalue weighted by Gasteiger charge is 2.38. The first-order valence-corrected chi connectivity index (χ1v) is 27.2. The van der Waals surface area contributed by atoms with Crippen molar-refractivity contribution < 1.29 is 8.23 Å². The van der Waals surface area contributed by atoms with E-state index in [0.717, 1.165) is 6.42 Å². The quantitative estimate of drug-likeness (QED) is 0.220. The molecule has 266 valence electrons. The maximum Gasteiger partial charge on any atom is 0.311 e. The van der Waals surface area contributed by atoms with E-state index in [1.807, 2.05) is 32.0 Å². The number of hydrogen-bond acceptors (Lipinski definition) is 2. The molecule has 0 aromatic heterocycles. The monoisotopic (exact) mass is 687 g/mol. The lowest BCUT2D eigenvalue weighted by Gasteiger charge is -2.38. The zero-order chi connectivity index (χ0) is 36.5. The fourth-order valence-corrected chi connectivity index (χ4v) is 15.8. The molecule has 3 rings (SSSR count). The molecular weight excluding hydrogens is 609 g/mol. The van der Waals surface area contributed by atoms with Crippen molar-refractivity contribution in [2.45, 2.75) is 153 Å². The Morgan fingerprint density at radius 2 is 0.674 bits per heavy atom. The molecule has 0 unspecified atom stereocenters. The van der Waals surface area contributed by atoms with E-state index in [-0.39, 0.29) is 0 Å². The zero-order valence-electron chi connectivity index (χ0n) is 33.7. The van der Waals surface area contributed by atoms with Gasteiger partial charge in [-0.25, -0.2) is 0 Å². The molecule has 0 heterocycles. The molecule has 0 amide bonds. The van der Waals surface area contributed by atoms with Crippen molar-refractivity contribution in [3.63, 3.8) is 0 Å². The van der Waals surface area contributed by atoms with Crippen LogP contribution in [0, 0.1) is 6.92 Å². The summed E-state index contributed by atoms with van der Waals surface area (Å²) < 4.78 is 12.6. The normalized spacial score (nSPS) is 10.1. The third kappa shape index (κ3) is 36.7. The van der Waals surface area contributed by atoms with Gasteiger partial charge in [-0.3, -0.25) is 0 Å². The van der Waals surface area contributed by atoms with Crippen LogP contribution in [0.3, 0.4) is 0 Å². The molecule has 0 aliphatic heterocycles. The van der Waals surface area contributed by atoms with Gasteiger partial charge in [-0.1, -0.05) is 185 Å². The molecular formula is C41H78O2Si3. The van der Waals surface area contributed by atoms with Gasteiger partial charge < -0.3 is 8.23 Å². The smallest absolute Gasteiger partial charge is 0.311 e. The van der Waals surface area contributed by atoms with E-state index in [1.54, 1.807) is 0 Å². The van der Waals surface area contributed by atoms with Crippen molar-refractivity contribution in [1.82, 2.24) is 0 Å². The molecule has 0 saturated heterocycles. The van der Waals surface area contributed by atoms with Crippen LogP contribution in [-0.4, -0.2) is 25.2 Å². The second-order valence-corrected chi connectivity index (χ2v) is 25.6. The van der Waals surface area contributed by atoms with Gasteiger partial charge in [-0.2, -0.15) is 0 Å². The topological polar surface area (TPSA) is 18.5 Å². The first kappa shape index (κ1) is 51.1. The van der Waals surface area contributed by atoms with Crippen LogP contribution >= 0.6 is 0 Å². The summed E-state index contributed by atoms with van der Waals surface area (Å²) in [6.45, 7) is 36.8. The fourth-order valence-electron chi connectivity index (χ4n) is 3.46. The molecule has 0 radical (unpaired) electrons. The van der Waals surface area contributed by atoms with E-state index in [2.05, 4.69) is 174 Å². The van der Waals surface area contributed by atoms with Crippen molar-refractivity contribution in [1.29, 1.82) is 0 Å².